The Kier molecular flexibility index (Phi) is 2.48. The summed E-state index contributed by atoms with van der Waals surface area (Å²) in [7, 11) is 0. The topological polar surface area (TPSA) is 0 Å². The molecule has 2 bridgehead atoms. The number of hydrogen-bond acceptors (Lipinski definition) is 1. The molecule has 2 atom stereocenters. The lowest BCUT2D eigenvalue weighted by Crippen LogP contribution is -2.28. The van der Waals surface area contributed by atoms with Gasteiger partial charge in [0.25, 0.3) is 0 Å². The molecule has 0 nitrogen and oxygen atoms in total. The van der Waals surface area contributed by atoms with Gasteiger partial charge in [0.05, 0.1) is 0 Å². The van der Waals surface area contributed by atoms with E-state index in [4.69, 9.17) is 0 Å². The molecule has 2 aliphatic carbocycles. The SMILES string of the molecule is CSC1CC2=CC(C)(C)CC(C2)C1. The van der Waals surface area contributed by atoms with Crippen molar-refractivity contribution in [2.45, 2.75) is 44.8 Å². The Morgan fingerprint density at radius 1 is 1.38 bits per heavy atom. The van der Waals surface area contributed by atoms with Crippen LogP contribution in [0.5, 0.6) is 0 Å². The maximum atomic E-state index is 2.55. The predicted molar refractivity (Wildman–Crippen MR) is 61.1 cm³/mol. The van der Waals surface area contributed by atoms with Crippen molar-refractivity contribution in [3.05, 3.63) is 11.6 Å². The van der Waals surface area contributed by atoms with E-state index in [1.807, 2.05) is 0 Å². The van der Waals surface area contributed by atoms with E-state index < -0.39 is 0 Å². The van der Waals surface area contributed by atoms with Crippen LogP contribution in [0.1, 0.15) is 39.5 Å². The molecular formula is C12H20S. The zero-order valence-corrected chi connectivity index (χ0v) is 9.79. The van der Waals surface area contributed by atoms with Gasteiger partial charge >= 0.3 is 0 Å². The minimum Gasteiger partial charge on any atom is -0.162 e. The van der Waals surface area contributed by atoms with E-state index in [0.29, 0.717) is 5.41 Å². The third-order valence-corrected chi connectivity index (χ3v) is 4.41. The maximum absolute atomic E-state index is 2.55. The third-order valence-electron chi connectivity index (χ3n) is 3.38. The highest BCUT2D eigenvalue weighted by molar-refractivity contribution is 7.99. The molecule has 0 aliphatic heterocycles. The largest absolute Gasteiger partial charge is 0.162 e. The molecule has 0 radical (unpaired) electrons. The molecule has 0 spiro atoms. The minimum absolute atomic E-state index is 0.488. The quantitative estimate of drug-likeness (QED) is 0.574. The van der Waals surface area contributed by atoms with Crippen LogP contribution in [0, 0.1) is 11.3 Å². The second-order valence-corrected chi connectivity index (χ2v) is 6.50. The zero-order valence-electron chi connectivity index (χ0n) is 8.97. The molecule has 0 aromatic heterocycles. The van der Waals surface area contributed by atoms with Crippen LogP contribution in [0.25, 0.3) is 0 Å². The van der Waals surface area contributed by atoms with Gasteiger partial charge in [0, 0.05) is 5.25 Å². The van der Waals surface area contributed by atoms with Crippen molar-refractivity contribution in [2.75, 3.05) is 6.26 Å². The first-order chi connectivity index (χ1) is 6.09. The summed E-state index contributed by atoms with van der Waals surface area (Å²) < 4.78 is 0. The van der Waals surface area contributed by atoms with Crippen molar-refractivity contribution in [3.63, 3.8) is 0 Å². The molecule has 0 N–H and O–H groups in total. The smallest absolute Gasteiger partial charge is 0.00841 e. The summed E-state index contributed by atoms with van der Waals surface area (Å²) in [6.45, 7) is 4.77. The first-order valence-corrected chi connectivity index (χ1v) is 6.61. The van der Waals surface area contributed by atoms with Gasteiger partial charge < -0.3 is 0 Å². The van der Waals surface area contributed by atoms with Gasteiger partial charge in [0.1, 0.15) is 0 Å². The molecule has 0 aromatic carbocycles. The van der Waals surface area contributed by atoms with Gasteiger partial charge in [-0.05, 0) is 43.3 Å². The monoisotopic (exact) mass is 196 g/mol. The van der Waals surface area contributed by atoms with E-state index in [1.165, 1.54) is 25.7 Å². The second-order valence-electron chi connectivity index (χ2n) is 5.36. The van der Waals surface area contributed by atoms with Crippen LogP contribution in [0.15, 0.2) is 11.6 Å². The lowest BCUT2D eigenvalue weighted by Gasteiger charge is -2.40. The summed E-state index contributed by atoms with van der Waals surface area (Å²) in [5.74, 6) is 0.987. The Balaban J connectivity index is 2.16. The van der Waals surface area contributed by atoms with Crippen LogP contribution < -0.4 is 0 Å². The summed E-state index contributed by atoms with van der Waals surface area (Å²) in [6.07, 6.45) is 10.4. The van der Waals surface area contributed by atoms with E-state index >= 15 is 0 Å². The van der Waals surface area contributed by atoms with Crippen molar-refractivity contribution >= 4 is 11.8 Å². The van der Waals surface area contributed by atoms with Gasteiger partial charge in [0.15, 0.2) is 0 Å². The molecule has 2 aliphatic rings. The Hall–Kier alpha value is 0.0900. The second kappa shape index (κ2) is 3.34. The van der Waals surface area contributed by atoms with Crippen molar-refractivity contribution in [2.24, 2.45) is 11.3 Å². The molecule has 2 rings (SSSR count). The van der Waals surface area contributed by atoms with Crippen molar-refractivity contribution < 1.29 is 0 Å². The molecule has 0 aromatic rings. The highest BCUT2D eigenvalue weighted by Gasteiger charge is 2.33. The Labute approximate surface area is 86.2 Å². The summed E-state index contributed by atoms with van der Waals surface area (Å²) in [5.41, 5.74) is 2.23. The van der Waals surface area contributed by atoms with Crippen molar-refractivity contribution in [1.82, 2.24) is 0 Å². The molecule has 0 saturated heterocycles. The number of fused-ring (bicyclic) bond motifs is 2. The van der Waals surface area contributed by atoms with Crippen LogP contribution in [-0.4, -0.2) is 11.5 Å². The van der Waals surface area contributed by atoms with E-state index in [2.05, 4.69) is 37.9 Å². The summed E-state index contributed by atoms with van der Waals surface area (Å²) in [6, 6.07) is 0. The molecular weight excluding hydrogens is 176 g/mol. The Morgan fingerprint density at radius 2 is 2.15 bits per heavy atom. The van der Waals surface area contributed by atoms with Crippen LogP contribution >= 0.6 is 11.8 Å². The average molecular weight is 196 g/mol. The van der Waals surface area contributed by atoms with Gasteiger partial charge in [-0.2, -0.15) is 11.8 Å². The number of thioether (sulfide) groups is 1. The van der Waals surface area contributed by atoms with E-state index in [-0.39, 0.29) is 0 Å². The molecule has 1 fully saturated rings. The number of allylic oxidation sites excluding steroid dienone is 2. The lowest BCUT2D eigenvalue weighted by molar-refractivity contribution is 0.266. The van der Waals surface area contributed by atoms with Gasteiger partial charge in [-0.3, -0.25) is 0 Å². The fourth-order valence-electron chi connectivity index (χ4n) is 3.09. The van der Waals surface area contributed by atoms with E-state index in [0.717, 1.165) is 11.2 Å². The molecule has 2 unspecified atom stereocenters. The van der Waals surface area contributed by atoms with Gasteiger partial charge in [-0.15, -0.1) is 0 Å². The summed E-state index contributed by atoms with van der Waals surface area (Å²) in [5, 5.41) is 0.918. The van der Waals surface area contributed by atoms with Gasteiger partial charge in [-0.1, -0.05) is 25.5 Å². The summed E-state index contributed by atoms with van der Waals surface area (Å²) in [4.78, 5) is 0. The van der Waals surface area contributed by atoms with Gasteiger partial charge in [0.2, 0.25) is 0 Å². The fraction of sp³-hybridized carbons (Fsp3) is 0.833. The molecule has 1 saturated carbocycles. The molecule has 0 heterocycles. The standard InChI is InChI=1S/C12H20S/c1-12(2)7-9-4-10(8-12)6-11(5-9)13-3/h7,10-11H,4-6,8H2,1-3H3. The molecule has 74 valence electrons. The first kappa shape index (κ1) is 9.64. The van der Waals surface area contributed by atoms with Crippen molar-refractivity contribution in [3.8, 4) is 0 Å². The van der Waals surface area contributed by atoms with Crippen molar-refractivity contribution in [1.29, 1.82) is 0 Å². The van der Waals surface area contributed by atoms with Gasteiger partial charge in [-0.25, -0.2) is 0 Å². The average Bonchev–Trinajstić information content (AvgIpc) is 1.99. The number of rotatable bonds is 1. The summed E-state index contributed by atoms with van der Waals surface area (Å²) >= 11 is 2.06. The third kappa shape index (κ3) is 2.12. The first-order valence-electron chi connectivity index (χ1n) is 5.32. The van der Waals surface area contributed by atoms with Crippen LogP contribution in [0.4, 0.5) is 0 Å². The molecule has 13 heavy (non-hydrogen) atoms. The highest BCUT2D eigenvalue weighted by Crippen LogP contribution is 2.46. The Morgan fingerprint density at radius 3 is 2.77 bits per heavy atom. The number of hydrogen-bond donors (Lipinski definition) is 0. The van der Waals surface area contributed by atoms with Crippen LogP contribution in [-0.2, 0) is 0 Å². The van der Waals surface area contributed by atoms with Crippen LogP contribution in [0.2, 0.25) is 0 Å². The fourth-order valence-corrected chi connectivity index (χ4v) is 3.94. The zero-order chi connectivity index (χ0) is 9.47. The normalized spacial score (nSPS) is 37.0. The minimum atomic E-state index is 0.488. The molecule has 1 heteroatoms. The highest BCUT2D eigenvalue weighted by atomic mass is 32.2. The Bertz CT molecular complexity index is 227. The van der Waals surface area contributed by atoms with E-state index in [1.54, 1.807) is 5.57 Å². The predicted octanol–water partition coefficient (Wildman–Crippen LogP) is 3.87. The van der Waals surface area contributed by atoms with E-state index in [9.17, 15) is 0 Å². The van der Waals surface area contributed by atoms with Crippen LogP contribution in [0.3, 0.4) is 0 Å². The maximum Gasteiger partial charge on any atom is 0.00841 e. The molecule has 0 amide bonds. The lowest BCUT2D eigenvalue weighted by atomic mass is 9.68.